The SMILES string of the molecule is COC(=O)c1cc(F)c(C)c(NCc2cccc(F)c2)c1. The number of methoxy groups -OCH3 is 1. The second-order valence-electron chi connectivity index (χ2n) is 4.61. The van der Waals surface area contributed by atoms with E-state index in [1.807, 2.05) is 0 Å². The molecule has 0 unspecified atom stereocenters. The zero-order valence-corrected chi connectivity index (χ0v) is 11.7. The Bertz CT molecular complexity index is 671. The highest BCUT2D eigenvalue weighted by atomic mass is 19.1. The molecule has 0 saturated heterocycles. The largest absolute Gasteiger partial charge is 0.465 e. The predicted octanol–water partition coefficient (Wildman–Crippen LogP) is 3.67. The fourth-order valence-electron chi connectivity index (χ4n) is 1.94. The van der Waals surface area contributed by atoms with Gasteiger partial charge in [-0.15, -0.1) is 0 Å². The van der Waals surface area contributed by atoms with Crippen molar-refractivity contribution in [1.29, 1.82) is 0 Å². The molecule has 110 valence electrons. The van der Waals surface area contributed by atoms with Crippen LogP contribution in [0.3, 0.4) is 0 Å². The predicted molar refractivity (Wildman–Crippen MR) is 76.2 cm³/mol. The molecule has 21 heavy (non-hydrogen) atoms. The van der Waals surface area contributed by atoms with Gasteiger partial charge in [-0.05, 0) is 36.8 Å². The minimum absolute atomic E-state index is 0.127. The Kier molecular flexibility index (Phi) is 4.52. The Morgan fingerprint density at radius 1 is 1.24 bits per heavy atom. The summed E-state index contributed by atoms with van der Waals surface area (Å²) in [7, 11) is 1.24. The van der Waals surface area contributed by atoms with Gasteiger partial charge in [0.15, 0.2) is 0 Å². The smallest absolute Gasteiger partial charge is 0.338 e. The number of hydrogen-bond acceptors (Lipinski definition) is 3. The average Bonchev–Trinajstić information content (AvgIpc) is 2.47. The van der Waals surface area contributed by atoms with Gasteiger partial charge in [0.25, 0.3) is 0 Å². The highest BCUT2D eigenvalue weighted by molar-refractivity contribution is 5.90. The lowest BCUT2D eigenvalue weighted by atomic mass is 10.1. The van der Waals surface area contributed by atoms with Crippen LogP contribution >= 0.6 is 0 Å². The lowest BCUT2D eigenvalue weighted by molar-refractivity contribution is 0.0600. The summed E-state index contributed by atoms with van der Waals surface area (Å²) in [5.41, 5.74) is 1.71. The molecular formula is C16H15F2NO2. The molecule has 3 nitrogen and oxygen atoms in total. The topological polar surface area (TPSA) is 38.3 Å². The molecule has 0 spiro atoms. The van der Waals surface area contributed by atoms with Crippen molar-refractivity contribution >= 4 is 11.7 Å². The molecule has 0 aliphatic heterocycles. The van der Waals surface area contributed by atoms with Crippen molar-refractivity contribution in [2.75, 3.05) is 12.4 Å². The van der Waals surface area contributed by atoms with Crippen molar-refractivity contribution in [2.45, 2.75) is 13.5 Å². The number of rotatable bonds is 4. The number of hydrogen-bond donors (Lipinski definition) is 1. The van der Waals surface area contributed by atoms with Gasteiger partial charge < -0.3 is 10.1 Å². The number of carbonyl (C=O) groups is 1. The van der Waals surface area contributed by atoms with Crippen molar-refractivity contribution < 1.29 is 18.3 Å². The summed E-state index contributed by atoms with van der Waals surface area (Å²) in [6.45, 7) is 1.92. The third kappa shape index (κ3) is 3.56. The molecule has 0 radical (unpaired) electrons. The van der Waals surface area contributed by atoms with Crippen molar-refractivity contribution in [1.82, 2.24) is 0 Å². The molecule has 0 aliphatic carbocycles. The average molecular weight is 291 g/mol. The van der Waals surface area contributed by atoms with Gasteiger partial charge in [-0.1, -0.05) is 12.1 Å². The van der Waals surface area contributed by atoms with Crippen LogP contribution in [-0.4, -0.2) is 13.1 Å². The minimum atomic E-state index is -0.609. The Morgan fingerprint density at radius 3 is 2.67 bits per heavy atom. The Hall–Kier alpha value is -2.43. The third-order valence-electron chi connectivity index (χ3n) is 3.14. The van der Waals surface area contributed by atoms with Crippen molar-refractivity contribution in [3.63, 3.8) is 0 Å². The van der Waals surface area contributed by atoms with Crippen LogP contribution < -0.4 is 5.32 Å². The highest BCUT2D eigenvalue weighted by Crippen LogP contribution is 2.22. The van der Waals surface area contributed by atoms with Crippen molar-refractivity contribution in [2.24, 2.45) is 0 Å². The van der Waals surface area contributed by atoms with E-state index in [9.17, 15) is 13.6 Å². The van der Waals surface area contributed by atoms with Crippen LogP contribution in [0.1, 0.15) is 21.5 Å². The lowest BCUT2D eigenvalue weighted by Crippen LogP contribution is -2.07. The Morgan fingerprint density at radius 2 is 2.00 bits per heavy atom. The first-order valence-electron chi connectivity index (χ1n) is 6.38. The van der Waals surface area contributed by atoms with Gasteiger partial charge in [0.05, 0.1) is 12.7 Å². The Labute approximate surface area is 121 Å². The van der Waals surface area contributed by atoms with E-state index in [1.165, 1.54) is 25.3 Å². The highest BCUT2D eigenvalue weighted by Gasteiger charge is 2.12. The van der Waals surface area contributed by atoms with E-state index in [0.717, 1.165) is 11.6 Å². The fraction of sp³-hybridized carbons (Fsp3) is 0.188. The molecule has 0 saturated carbocycles. The maximum Gasteiger partial charge on any atom is 0.338 e. The zero-order chi connectivity index (χ0) is 15.4. The van der Waals surface area contributed by atoms with Crippen LogP contribution in [0.2, 0.25) is 0 Å². The summed E-state index contributed by atoms with van der Waals surface area (Å²) in [4.78, 5) is 11.5. The van der Waals surface area contributed by atoms with E-state index in [2.05, 4.69) is 10.1 Å². The molecule has 0 aromatic heterocycles. The van der Waals surface area contributed by atoms with E-state index < -0.39 is 11.8 Å². The lowest BCUT2D eigenvalue weighted by Gasteiger charge is -2.12. The molecule has 2 aromatic rings. The number of halogens is 2. The van der Waals surface area contributed by atoms with Crippen LogP contribution in [0.4, 0.5) is 14.5 Å². The van der Waals surface area contributed by atoms with Crippen molar-refractivity contribution in [3.05, 3.63) is 64.7 Å². The molecule has 1 N–H and O–H groups in total. The molecule has 0 atom stereocenters. The van der Waals surface area contributed by atoms with Crippen LogP contribution in [0, 0.1) is 18.6 Å². The molecular weight excluding hydrogens is 276 g/mol. The fourth-order valence-corrected chi connectivity index (χ4v) is 1.94. The number of carbonyl (C=O) groups excluding carboxylic acids is 1. The molecule has 2 aromatic carbocycles. The number of benzene rings is 2. The minimum Gasteiger partial charge on any atom is -0.465 e. The van der Waals surface area contributed by atoms with E-state index >= 15 is 0 Å². The summed E-state index contributed by atoms with van der Waals surface area (Å²) < 4.78 is 31.5. The van der Waals surface area contributed by atoms with E-state index in [1.54, 1.807) is 19.1 Å². The second kappa shape index (κ2) is 6.35. The van der Waals surface area contributed by atoms with Gasteiger partial charge in [-0.3, -0.25) is 0 Å². The summed E-state index contributed by atoms with van der Waals surface area (Å²) in [5, 5.41) is 3.00. The van der Waals surface area contributed by atoms with Crippen LogP contribution in [-0.2, 0) is 11.3 Å². The van der Waals surface area contributed by atoms with Gasteiger partial charge in [0.2, 0.25) is 0 Å². The number of ether oxygens (including phenoxy) is 1. The summed E-state index contributed by atoms with van der Waals surface area (Å²) in [5.74, 6) is -1.44. The zero-order valence-electron chi connectivity index (χ0n) is 11.7. The normalized spacial score (nSPS) is 10.3. The van der Waals surface area contributed by atoms with Crippen LogP contribution in [0.25, 0.3) is 0 Å². The van der Waals surface area contributed by atoms with Crippen molar-refractivity contribution in [3.8, 4) is 0 Å². The second-order valence-corrected chi connectivity index (χ2v) is 4.61. The molecule has 5 heteroatoms. The first-order chi connectivity index (χ1) is 10.0. The number of nitrogens with one attached hydrogen (secondary N) is 1. The summed E-state index contributed by atoms with van der Waals surface area (Å²) in [6, 6.07) is 8.75. The van der Waals surface area contributed by atoms with Crippen LogP contribution in [0.5, 0.6) is 0 Å². The quantitative estimate of drug-likeness (QED) is 0.873. The molecule has 0 fully saturated rings. The van der Waals surface area contributed by atoms with Crippen LogP contribution in [0.15, 0.2) is 36.4 Å². The summed E-state index contributed by atoms with van der Waals surface area (Å²) >= 11 is 0. The number of anilines is 1. The summed E-state index contributed by atoms with van der Waals surface area (Å²) in [6.07, 6.45) is 0. The standard InChI is InChI=1S/C16H15F2NO2/c1-10-14(18)7-12(16(20)21-2)8-15(10)19-9-11-4-3-5-13(17)6-11/h3-8,19H,9H2,1-2H3. The molecule has 0 bridgehead atoms. The monoisotopic (exact) mass is 291 g/mol. The van der Waals surface area contributed by atoms with Gasteiger partial charge in [0, 0.05) is 17.8 Å². The van der Waals surface area contributed by atoms with E-state index in [-0.39, 0.29) is 11.4 Å². The van der Waals surface area contributed by atoms with E-state index in [4.69, 9.17) is 0 Å². The maximum atomic E-state index is 13.8. The first kappa shape index (κ1) is 15.0. The molecule has 2 rings (SSSR count). The first-order valence-corrected chi connectivity index (χ1v) is 6.38. The van der Waals surface area contributed by atoms with E-state index in [0.29, 0.717) is 17.8 Å². The molecule has 0 heterocycles. The van der Waals surface area contributed by atoms with Gasteiger partial charge >= 0.3 is 5.97 Å². The third-order valence-corrected chi connectivity index (χ3v) is 3.14. The molecule has 0 amide bonds. The van der Waals surface area contributed by atoms with Gasteiger partial charge in [0.1, 0.15) is 11.6 Å². The maximum absolute atomic E-state index is 13.8. The Balaban J connectivity index is 2.23. The molecule has 0 aliphatic rings. The van der Waals surface area contributed by atoms with Gasteiger partial charge in [-0.2, -0.15) is 0 Å². The van der Waals surface area contributed by atoms with Gasteiger partial charge in [-0.25, -0.2) is 13.6 Å². The number of esters is 1.